The maximum Gasteiger partial charge on any atom is 0.338 e. The molecule has 0 saturated heterocycles. The third-order valence-corrected chi connectivity index (χ3v) is 5.08. The molecule has 1 aromatic heterocycles. The number of aryl methyl sites for hydroxylation is 1. The molecule has 4 N–H and O–H groups in total. The normalized spacial score (nSPS) is 11.6. The van der Waals surface area contributed by atoms with Crippen LogP contribution in [-0.2, 0) is 16.1 Å². The molecule has 0 unspecified atom stereocenters. The Morgan fingerprint density at radius 2 is 2.00 bits per heavy atom. The van der Waals surface area contributed by atoms with Gasteiger partial charge in [-0.05, 0) is 30.9 Å². The van der Waals surface area contributed by atoms with Crippen LogP contribution in [0.4, 0.5) is 5.82 Å². The van der Waals surface area contributed by atoms with E-state index in [1.54, 1.807) is 44.3 Å². The predicted octanol–water partition coefficient (Wildman–Crippen LogP) is 2.19. The minimum absolute atomic E-state index is 0.0342. The van der Waals surface area contributed by atoms with E-state index in [1.165, 1.54) is 11.8 Å². The lowest BCUT2D eigenvalue weighted by Crippen LogP contribution is -2.25. The molecule has 0 radical (unpaired) electrons. The van der Waals surface area contributed by atoms with Crippen molar-refractivity contribution >= 4 is 29.5 Å². The van der Waals surface area contributed by atoms with Crippen LogP contribution in [0.25, 0.3) is 0 Å². The summed E-state index contributed by atoms with van der Waals surface area (Å²) in [6.45, 7) is 3.44. The van der Waals surface area contributed by atoms with E-state index in [0.717, 1.165) is 0 Å². The number of hydrogen-bond acceptors (Lipinski definition) is 8. The first-order chi connectivity index (χ1) is 13.9. The molecule has 154 valence electrons. The Hall–Kier alpha value is -2.91. The molecule has 8 nitrogen and oxygen atoms in total. The van der Waals surface area contributed by atoms with E-state index >= 15 is 0 Å². The lowest BCUT2D eigenvalue weighted by molar-refractivity contribution is -0.117. The van der Waals surface area contributed by atoms with E-state index in [0.29, 0.717) is 33.2 Å². The van der Waals surface area contributed by atoms with Crippen LogP contribution < -0.4 is 11.1 Å². The number of rotatable bonds is 9. The van der Waals surface area contributed by atoms with Crippen LogP contribution in [0.3, 0.4) is 0 Å². The number of amides is 1. The molecule has 0 bridgehead atoms. The van der Waals surface area contributed by atoms with Gasteiger partial charge in [0.2, 0.25) is 5.91 Å². The van der Waals surface area contributed by atoms with E-state index in [2.05, 4.69) is 15.3 Å². The van der Waals surface area contributed by atoms with Crippen molar-refractivity contribution in [3.05, 3.63) is 64.0 Å². The molecular formula is C20H24N4O4S. The Kier molecular flexibility index (Phi) is 8.63. The Bertz CT molecular complexity index is 887. The fourth-order valence-corrected chi connectivity index (χ4v) is 3.22. The molecule has 0 aliphatic rings. The number of nitrogens with zero attached hydrogens (tertiary/aromatic N) is 2. The van der Waals surface area contributed by atoms with E-state index < -0.39 is 5.97 Å². The number of thioether (sulfide) groups is 1. The van der Waals surface area contributed by atoms with E-state index in [9.17, 15) is 14.7 Å². The zero-order chi connectivity index (χ0) is 21.2. The number of esters is 1. The Morgan fingerprint density at radius 1 is 1.28 bits per heavy atom. The largest absolute Gasteiger partial charge is 0.451 e. The molecule has 0 fully saturated rings. The van der Waals surface area contributed by atoms with Gasteiger partial charge >= 0.3 is 5.97 Å². The van der Waals surface area contributed by atoms with Crippen LogP contribution in [0.15, 0.2) is 47.0 Å². The Balaban J connectivity index is 1.95. The molecule has 1 heterocycles. The van der Waals surface area contributed by atoms with Gasteiger partial charge in [-0.15, -0.1) is 0 Å². The van der Waals surface area contributed by atoms with Gasteiger partial charge in [0, 0.05) is 36.9 Å². The molecule has 0 aliphatic carbocycles. The van der Waals surface area contributed by atoms with Crippen LogP contribution in [0.5, 0.6) is 0 Å². The number of nitrogen functional groups attached to an aromatic ring is 1. The number of aliphatic hydroxyl groups excluding tert-OH is 1. The number of carbonyl (C=O) groups is 2. The second kappa shape index (κ2) is 11.2. The molecule has 0 atom stereocenters. The third-order valence-electron chi connectivity index (χ3n) is 3.99. The standard InChI is InChI=1S/C20H24N4O4S/c1-13(19(26)23-11-16-10-22-14(2)24-18(16)21)17(8-9-25)29-12-28-20(27)15-6-4-3-5-7-15/h3-7,10,25H,8-9,11-12H2,1-2H3,(H,23,26)(H2,21,22,24)/b17-13-. The fourth-order valence-electron chi connectivity index (χ4n) is 2.36. The van der Waals surface area contributed by atoms with Gasteiger partial charge in [-0.1, -0.05) is 30.0 Å². The minimum atomic E-state index is -0.446. The predicted molar refractivity (Wildman–Crippen MR) is 112 cm³/mol. The van der Waals surface area contributed by atoms with Crippen molar-refractivity contribution in [1.29, 1.82) is 0 Å². The highest BCUT2D eigenvalue weighted by Crippen LogP contribution is 2.24. The highest BCUT2D eigenvalue weighted by molar-refractivity contribution is 8.03. The van der Waals surface area contributed by atoms with Crippen molar-refractivity contribution in [3.8, 4) is 0 Å². The van der Waals surface area contributed by atoms with Crippen LogP contribution >= 0.6 is 11.8 Å². The van der Waals surface area contributed by atoms with Crippen molar-refractivity contribution < 1.29 is 19.4 Å². The van der Waals surface area contributed by atoms with Gasteiger partial charge in [0.25, 0.3) is 0 Å². The quantitative estimate of drug-likeness (QED) is 0.322. The van der Waals surface area contributed by atoms with Crippen LogP contribution in [-0.4, -0.2) is 39.5 Å². The summed E-state index contributed by atoms with van der Waals surface area (Å²) in [6.07, 6.45) is 1.85. The van der Waals surface area contributed by atoms with Crippen molar-refractivity contribution in [2.75, 3.05) is 18.3 Å². The minimum Gasteiger partial charge on any atom is -0.451 e. The zero-order valence-electron chi connectivity index (χ0n) is 16.3. The fraction of sp³-hybridized carbons (Fsp3) is 0.300. The van der Waals surface area contributed by atoms with Gasteiger partial charge in [0.1, 0.15) is 17.6 Å². The number of carbonyl (C=O) groups excluding carboxylic acids is 2. The van der Waals surface area contributed by atoms with E-state index in [1.807, 2.05) is 6.07 Å². The molecule has 0 spiro atoms. The third kappa shape index (κ3) is 6.88. The van der Waals surface area contributed by atoms with Gasteiger partial charge in [0.05, 0.1) is 5.56 Å². The van der Waals surface area contributed by atoms with Gasteiger partial charge in [0.15, 0.2) is 0 Å². The first-order valence-electron chi connectivity index (χ1n) is 8.94. The topological polar surface area (TPSA) is 127 Å². The lowest BCUT2D eigenvalue weighted by Gasteiger charge is -2.12. The summed E-state index contributed by atoms with van der Waals surface area (Å²) in [7, 11) is 0. The van der Waals surface area contributed by atoms with Gasteiger partial charge in [-0.3, -0.25) is 4.79 Å². The second-order valence-corrected chi connectivity index (χ2v) is 7.11. The molecule has 0 saturated carbocycles. The number of nitrogens with one attached hydrogen (secondary N) is 1. The summed E-state index contributed by atoms with van der Waals surface area (Å²) in [6, 6.07) is 8.64. The Morgan fingerprint density at radius 3 is 2.66 bits per heavy atom. The number of anilines is 1. The van der Waals surface area contributed by atoms with Crippen LogP contribution in [0.1, 0.15) is 35.1 Å². The summed E-state index contributed by atoms with van der Waals surface area (Å²) in [5.41, 5.74) is 7.34. The van der Waals surface area contributed by atoms with Crippen molar-refractivity contribution in [1.82, 2.24) is 15.3 Å². The second-order valence-electron chi connectivity index (χ2n) is 6.09. The molecule has 0 aliphatic heterocycles. The van der Waals surface area contributed by atoms with Crippen molar-refractivity contribution in [3.63, 3.8) is 0 Å². The lowest BCUT2D eigenvalue weighted by atomic mass is 10.2. The number of benzene rings is 1. The zero-order valence-corrected chi connectivity index (χ0v) is 17.2. The number of aliphatic hydroxyl groups is 1. The van der Waals surface area contributed by atoms with Gasteiger partial charge in [-0.2, -0.15) is 0 Å². The summed E-state index contributed by atoms with van der Waals surface area (Å²) >= 11 is 1.20. The first kappa shape index (κ1) is 22.4. The average molecular weight is 417 g/mol. The van der Waals surface area contributed by atoms with E-state index in [-0.39, 0.29) is 31.4 Å². The van der Waals surface area contributed by atoms with Gasteiger partial charge in [-0.25, -0.2) is 14.8 Å². The monoisotopic (exact) mass is 416 g/mol. The maximum atomic E-state index is 12.5. The highest BCUT2D eigenvalue weighted by Gasteiger charge is 2.14. The molecule has 1 amide bonds. The van der Waals surface area contributed by atoms with Gasteiger partial charge < -0.3 is 20.9 Å². The van der Waals surface area contributed by atoms with Crippen molar-refractivity contribution in [2.24, 2.45) is 0 Å². The van der Waals surface area contributed by atoms with Crippen LogP contribution in [0, 0.1) is 6.92 Å². The number of aromatic nitrogens is 2. The number of nitrogens with two attached hydrogens (primary N) is 1. The number of hydrogen-bond donors (Lipinski definition) is 3. The summed E-state index contributed by atoms with van der Waals surface area (Å²) < 4.78 is 5.23. The number of ether oxygens (including phenoxy) is 1. The molecule has 29 heavy (non-hydrogen) atoms. The molecule has 1 aromatic carbocycles. The Labute approximate surface area is 173 Å². The molecule has 9 heteroatoms. The smallest absolute Gasteiger partial charge is 0.338 e. The summed E-state index contributed by atoms with van der Waals surface area (Å²) in [5.74, 6) is 0.151. The first-order valence-corrected chi connectivity index (χ1v) is 9.92. The highest BCUT2D eigenvalue weighted by atomic mass is 32.2. The average Bonchev–Trinajstić information content (AvgIpc) is 2.72. The van der Waals surface area contributed by atoms with Crippen LogP contribution in [0.2, 0.25) is 0 Å². The SMILES string of the molecule is C/C(C(=O)NCc1cnc(C)nc1N)=C(\CCO)SCOC(=O)c1ccccc1. The summed E-state index contributed by atoms with van der Waals surface area (Å²) in [4.78, 5) is 33.2. The molecular weight excluding hydrogens is 392 g/mol. The van der Waals surface area contributed by atoms with Crippen molar-refractivity contribution in [2.45, 2.75) is 26.8 Å². The molecule has 2 rings (SSSR count). The summed E-state index contributed by atoms with van der Waals surface area (Å²) in [5, 5.41) is 12.1. The van der Waals surface area contributed by atoms with E-state index in [4.69, 9.17) is 10.5 Å². The maximum absolute atomic E-state index is 12.5. The molecule has 2 aromatic rings.